The van der Waals surface area contributed by atoms with Crippen LogP contribution in [-0.2, 0) is 9.59 Å². The van der Waals surface area contributed by atoms with Gasteiger partial charge in [-0.15, -0.1) is 0 Å². The maximum atomic E-state index is 13.4. The maximum absolute atomic E-state index is 13.4. The van der Waals surface area contributed by atoms with Gasteiger partial charge in [0.05, 0.1) is 10.0 Å². The molecule has 35 heavy (non-hydrogen) atoms. The topological polar surface area (TPSA) is 69.7 Å². The molecule has 9 heteroatoms. The average molecular weight is 537 g/mol. The molecule has 2 aromatic carbocycles. The van der Waals surface area contributed by atoms with Crippen molar-refractivity contribution in [3.8, 4) is 0 Å². The fraction of sp³-hybridized carbons (Fsp3) is 0.423. The summed E-state index contributed by atoms with van der Waals surface area (Å²) in [7, 11) is 0. The van der Waals surface area contributed by atoms with Crippen LogP contribution in [-0.4, -0.2) is 59.7 Å². The van der Waals surface area contributed by atoms with E-state index >= 15 is 0 Å². The third kappa shape index (κ3) is 6.11. The number of amides is 3. The van der Waals surface area contributed by atoms with Gasteiger partial charge in [-0.3, -0.25) is 14.4 Å². The van der Waals surface area contributed by atoms with Gasteiger partial charge in [-0.1, -0.05) is 40.9 Å². The van der Waals surface area contributed by atoms with Gasteiger partial charge in [0.15, 0.2) is 0 Å². The van der Waals surface area contributed by atoms with Crippen LogP contribution >= 0.6 is 34.8 Å². The monoisotopic (exact) mass is 535 g/mol. The number of rotatable bonds is 4. The van der Waals surface area contributed by atoms with E-state index < -0.39 is 0 Å². The van der Waals surface area contributed by atoms with Gasteiger partial charge in [0.25, 0.3) is 5.91 Å². The van der Waals surface area contributed by atoms with Crippen LogP contribution in [0.5, 0.6) is 0 Å². The summed E-state index contributed by atoms with van der Waals surface area (Å²) in [6, 6.07) is 12.0. The molecule has 2 aliphatic heterocycles. The van der Waals surface area contributed by atoms with Crippen LogP contribution < -0.4 is 5.32 Å². The van der Waals surface area contributed by atoms with Crippen molar-refractivity contribution in [3.05, 3.63) is 68.7 Å². The Morgan fingerprint density at radius 1 is 0.857 bits per heavy atom. The molecule has 186 valence electrons. The number of benzene rings is 2. The highest BCUT2D eigenvalue weighted by Crippen LogP contribution is 2.33. The van der Waals surface area contributed by atoms with Gasteiger partial charge in [-0.05, 0) is 61.2 Å². The summed E-state index contributed by atoms with van der Waals surface area (Å²) in [5.41, 5.74) is 1.45. The van der Waals surface area contributed by atoms with Crippen molar-refractivity contribution in [1.29, 1.82) is 0 Å². The summed E-state index contributed by atoms with van der Waals surface area (Å²) in [5.74, 6) is -0.266. The van der Waals surface area contributed by atoms with Crippen LogP contribution in [0.15, 0.2) is 42.5 Å². The highest BCUT2D eigenvalue weighted by molar-refractivity contribution is 6.42. The van der Waals surface area contributed by atoms with Gasteiger partial charge >= 0.3 is 0 Å². The molecule has 2 atom stereocenters. The van der Waals surface area contributed by atoms with Crippen molar-refractivity contribution in [2.75, 3.05) is 26.2 Å². The second-order valence-electron chi connectivity index (χ2n) is 9.22. The molecule has 1 unspecified atom stereocenters. The molecule has 2 fully saturated rings. The molecule has 0 aromatic heterocycles. The lowest BCUT2D eigenvalue weighted by Crippen LogP contribution is -2.53. The minimum absolute atomic E-state index is 0.0489. The minimum Gasteiger partial charge on any atom is -0.349 e. The van der Waals surface area contributed by atoms with E-state index in [2.05, 4.69) is 5.32 Å². The third-order valence-electron chi connectivity index (χ3n) is 7.01. The lowest BCUT2D eigenvalue weighted by Gasteiger charge is -2.41. The van der Waals surface area contributed by atoms with Crippen LogP contribution in [0.25, 0.3) is 0 Å². The standard InChI is InChI=1S/C26H28Cl3N3O3/c1-16(33)31-11-8-18(9-12-31)26(35)32-13-10-24(30-25(34)17-2-5-20(27)6-3-17)21(15-32)19-4-7-22(28)23(29)14-19/h2-7,14,18,21,24H,8-13,15H2,1H3,(H,30,34)/t21?,24-/m0/s1. The van der Waals surface area contributed by atoms with Crippen LogP contribution in [0.4, 0.5) is 0 Å². The predicted molar refractivity (Wildman–Crippen MR) is 138 cm³/mol. The van der Waals surface area contributed by atoms with E-state index in [0.717, 1.165) is 5.56 Å². The molecule has 3 amide bonds. The second-order valence-corrected chi connectivity index (χ2v) is 10.5. The first-order valence-electron chi connectivity index (χ1n) is 11.8. The van der Waals surface area contributed by atoms with E-state index in [1.807, 2.05) is 17.0 Å². The van der Waals surface area contributed by atoms with Crippen molar-refractivity contribution < 1.29 is 14.4 Å². The molecule has 6 nitrogen and oxygen atoms in total. The Labute approximate surface area is 220 Å². The maximum Gasteiger partial charge on any atom is 0.251 e. The Bertz CT molecular complexity index is 1100. The first-order valence-corrected chi connectivity index (χ1v) is 12.9. The summed E-state index contributed by atoms with van der Waals surface area (Å²) < 4.78 is 0. The number of nitrogens with zero attached hydrogens (tertiary/aromatic N) is 2. The number of halogens is 3. The molecule has 2 saturated heterocycles. The summed E-state index contributed by atoms with van der Waals surface area (Å²) in [4.78, 5) is 41.7. The molecule has 4 rings (SSSR count). The number of carbonyl (C=O) groups is 3. The van der Waals surface area contributed by atoms with E-state index in [-0.39, 0.29) is 35.6 Å². The van der Waals surface area contributed by atoms with Crippen molar-refractivity contribution in [2.24, 2.45) is 5.92 Å². The minimum atomic E-state index is -0.187. The molecular weight excluding hydrogens is 509 g/mol. The fourth-order valence-electron chi connectivity index (χ4n) is 4.96. The molecule has 0 bridgehead atoms. The zero-order valence-corrected chi connectivity index (χ0v) is 21.7. The van der Waals surface area contributed by atoms with E-state index in [9.17, 15) is 14.4 Å². The molecule has 2 aromatic rings. The largest absolute Gasteiger partial charge is 0.349 e. The first kappa shape index (κ1) is 25.8. The zero-order valence-electron chi connectivity index (χ0n) is 19.5. The van der Waals surface area contributed by atoms with E-state index in [0.29, 0.717) is 66.1 Å². The van der Waals surface area contributed by atoms with Crippen molar-refractivity contribution in [1.82, 2.24) is 15.1 Å². The highest BCUT2D eigenvalue weighted by atomic mass is 35.5. The Kier molecular flexibility index (Phi) is 8.25. The normalized spacial score (nSPS) is 21.0. The van der Waals surface area contributed by atoms with Gasteiger partial charge < -0.3 is 15.1 Å². The highest BCUT2D eigenvalue weighted by Gasteiger charge is 2.37. The molecule has 0 radical (unpaired) electrons. The molecular formula is C26H28Cl3N3O3. The Hall–Kier alpha value is -2.28. The van der Waals surface area contributed by atoms with Gasteiger partial charge in [0.2, 0.25) is 11.8 Å². The molecule has 2 heterocycles. The smallest absolute Gasteiger partial charge is 0.251 e. The van der Waals surface area contributed by atoms with Gasteiger partial charge in [0.1, 0.15) is 0 Å². The van der Waals surface area contributed by atoms with Gasteiger partial charge in [0, 0.05) is 61.6 Å². The summed E-state index contributed by atoms with van der Waals surface area (Å²) in [6.45, 7) is 3.79. The Balaban J connectivity index is 1.51. The molecule has 2 aliphatic rings. The number of hydrogen-bond donors (Lipinski definition) is 1. The summed E-state index contributed by atoms with van der Waals surface area (Å²) in [6.07, 6.45) is 1.95. The van der Waals surface area contributed by atoms with Gasteiger partial charge in [-0.2, -0.15) is 0 Å². The van der Waals surface area contributed by atoms with Crippen LogP contribution in [0.2, 0.25) is 15.1 Å². The summed E-state index contributed by atoms with van der Waals surface area (Å²) in [5, 5.41) is 4.61. The SMILES string of the molecule is CC(=O)N1CCC(C(=O)N2CC[C@H](NC(=O)c3ccc(Cl)cc3)C(c3ccc(Cl)c(Cl)c3)C2)CC1. The third-order valence-corrected chi connectivity index (χ3v) is 8.00. The Morgan fingerprint density at radius 3 is 2.14 bits per heavy atom. The van der Waals surface area contributed by atoms with Crippen LogP contribution in [0.1, 0.15) is 48.0 Å². The number of nitrogens with one attached hydrogen (secondary N) is 1. The molecule has 0 aliphatic carbocycles. The quantitative estimate of drug-likeness (QED) is 0.597. The first-order chi connectivity index (χ1) is 16.7. The number of likely N-dealkylation sites (tertiary alicyclic amines) is 2. The Morgan fingerprint density at radius 2 is 1.51 bits per heavy atom. The van der Waals surface area contributed by atoms with E-state index in [4.69, 9.17) is 34.8 Å². The van der Waals surface area contributed by atoms with Crippen molar-refractivity contribution >= 4 is 52.5 Å². The summed E-state index contributed by atoms with van der Waals surface area (Å²) >= 11 is 18.4. The van der Waals surface area contributed by atoms with E-state index in [1.54, 1.807) is 42.2 Å². The molecule has 0 saturated carbocycles. The lowest BCUT2D eigenvalue weighted by molar-refractivity contribution is -0.141. The van der Waals surface area contributed by atoms with Crippen molar-refractivity contribution in [2.45, 2.75) is 38.1 Å². The molecule has 0 spiro atoms. The van der Waals surface area contributed by atoms with E-state index in [1.165, 1.54) is 0 Å². The van der Waals surface area contributed by atoms with Gasteiger partial charge in [-0.25, -0.2) is 0 Å². The van der Waals surface area contributed by atoms with Crippen LogP contribution in [0.3, 0.4) is 0 Å². The zero-order chi connectivity index (χ0) is 25.1. The average Bonchev–Trinajstić information content (AvgIpc) is 2.86. The number of hydrogen-bond acceptors (Lipinski definition) is 3. The van der Waals surface area contributed by atoms with Crippen LogP contribution in [0, 0.1) is 5.92 Å². The predicted octanol–water partition coefficient (Wildman–Crippen LogP) is 5.02. The molecule has 1 N–H and O–H groups in total. The second kappa shape index (κ2) is 11.2. The lowest BCUT2D eigenvalue weighted by atomic mass is 9.84. The number of piperidine rings is 2. The number of carbonyl (C=O) groups excluding carboxylic acids is 3. The fourth-order valence-corrected chi connectivity index (χ4v) is 5.39. The van der Waals surface area contributed by atoms with Crippen molar-refractivity contribution in [3.63, 3.8) is 0 Å².